The molecule has 0 aliphatic carbocycles. The molecule has 0 bridgehead atoms. The van der Waals surface area contributed by atoms with Crippen molar-refractivity contribution in [2.24, 2.45) is 0 Å². The standard InChI is InChI=1S/C13H18N4O3/c1-19-7-5-17(6-8-20-2)13(18)12-10-9-14-4-3-11(10)15-16-12/h3-4,9H,5-8H2,1-2H3,(H,15,16). The zero-order chi connectivity index (χ0) is 14.4. The van der Waals surface area contributed by atoms with Gasteiger partial charge in [0.05, 0.1) is 24.1 Å². The number of rotatable bonds is 7. The summed E-state index contributed by atoms with van der Waals surface area (Å²) in [7, 11) is 3.21. The van der Waals surface area contributed by atoms with Crippen LogP contribution in [0.1, 0.15) is 10.5 Å². The predicted molar refractivity (Wildman–Crippen MR) is 73.5 cm³/mol. The summed E-state index contributed by atoms with van der Waals surface area (Å²) in [5.74, 6) is -0.154. The Morgan fingerprint density at radius 2 is 2.00 bits per heavy atom. The lowest BCUT2D eigenvalue weighted by molar-refractivity contribution is 0.0623. The fourth-order valence-electron chi connectivity index (χ4n) is 1.89. The van der Waals surface area contributed by atoms with Crippen LogP contribution in [0.2, 0.25) is 0 Å². The van der Waals surface area contributed by atoms with Crippen LogP contribution in [-0.2, 0) is 9.47 Å². The summed E-state index contributed by atoms with van der Waals surface area (Å²) in [6, 6.07) is 1.79. The molecule has 0 atom stereocenters. The molecule has 0 radical (unpaired) electrons. The van der Waals surface area contributed by atoms with Crippen LogP contribution >= 0.6 is 0 Å². The molecule has 2 rings (SSSR count). The van der Waals surface area contributed by atoms with Gasteiger partial charge in [-0.25, -0.2) is 0 Å². The van der Waals surface area contributed by atoms with E-state index in [0.29, 0.717) is 32.0 Å². The van der Waals surface area contributed by atoms with Crippen molar-refractivity contribution in [3.8, 4) is 0 Å². The number of amides is 1. The zero-order valence-electron chi connectivity index (χ0n) is 11.6. The van der Waals surface area contributed by atoms with E-state index in [-0.39, 0.29) is 5.91 Å². The van der Waals surface area contributed by atoms with Crippen LogP contribution < -0.4 is 0 Å². The summed E-state index contributed by atoms with van der Waals surface area (Å²) < 4.78 is 10.1. The summed E-state index contributed by atoms with van der Waals surface area (Å²) >= 11 is 0. The SMILES string of the molecule is COCCN(CCOC)C(=O)c1n[nH]c2ccncc12. The van der Waals surface area contributed by atoms with E-state index in [1.54, 1.807) is 37.6 Å². The molecular formula is C13H18N4O3. The quantitative estimate of drug-likeness (QED) is 0.806. The molecule has 7 heteroatoms. The van der Waals surface area contributed by atoms with E-state index in [9.17, 15) is 4.79 Å². The van der Waals surface area contributed by atoms with Gasteiger partial charge in [-0.3, -0.25) is 14.9 Å². The van der Waals surface area contributed by atoms with Gasteiger partial charge in [0.2, 0.25) is 0 Å². The normalized spacial score (nSPS) is 10.9. The van der Waals surface area contributed by atoms with E-state index in [0.717, 1.165) is 10.9 Å². The maximum absolute atomic E-state index is 12.5. The zero-order valence-corrected chi connectivity index (χ0v) is 11.6. The highest BCUT2D eigenvalue weighted by Crippen LogP contribution is 2.15. The highest BCUT2D eigenvalue weighted by atomic mass is 16.5. The number of methoxy groups -OCH3 is 2. The van der Waals surface area contributed by atoms with Crippen LogP contribution in [0.15, 0.2) is 18.5 Å². The average Bonchev–Trinajstić information content (AvgIpc) is 2.91. The van der Waals surface area contributed by atoms with Crippen LogP contribution in [0, 0.1) is 0 Å². The number of hydrogen-bond donors (Lipinski definition) is 1. The molecule has 0 saturated heterocycles. The molecule has 0 aliphatic heterocycles. The molecule has 2 aromatic heterocycles. The molecule has 108 valence electrons. The van der Waals surface area contributed by atoms with Crippen molar-refractivity contribution in [1.82, 2.24) is 20.1 Å². The average molecular weight is 278 g/mol. The van der Waals surface area contributed by atoms with E-state index in [4.69, 9.17) is 9.47 Å². The second kappa shape index (κ2) is 6.97. The fraction of sp³-hybridized carbons (Fsp3) is 0.462. The summed E-state index contributed by atoms with van der Waals surface area (Å²) in [5, 5.41) is 7.65. The number of ether oxygens (including phenoxy) is 2. The largest absolute Gasteiger partial charge is 0.383 e. The number of carbonyl (C=O) groups excluding carboxylic acids is 1. The number of nitrogens with one attached hydrogen (secondary N) is 1. The number of pyridine rings is 1. The van der Waals surface area contributed by atoms with E-state index < -0.39 is 0 Å². The van der Waals surface area contributed by atoms with Crippen molar-refractivity contribution in [2.75, 3.05) is 40.5 Å². The van der Waals surface area contributed by atoms with Gasteiger partial charge in [-0.05, 0) is 6.07 Å². The Morgan fingerprint density at radius 1 is 1.30 bits per heavy atom. The maximum Gasteiger partial charge on any atom is 0.275 e. The first-order chi connectivity index (χ1) is 9.77. The fourth-order valence-corrected chi connectivity index (χ4v) is 1.89. The van der Waals surface area contributed by atoms with E-state index >= 15 is 0 Å². The third-order valence-corrected chi connectivity index (χ3v) is 2.98. The molecule has 0 fully saturated rings. The number of fused-ring (bicyclic) bond motifs is 1. The molecule has 0 aliphatic rings. The number of carbonyl (C=O) groups is 1. The number of aromatic nitrogens is 3. The lowest BCUT2D eigenvalue weighted by Gasteiger charge is -2.21. The van der Waals surface area contributed by atoms with Gasteiger partial charge in [-0.1, -0.05) is 0 Å². The van der Waals surface area contributed by atoms with Crippen LogP contribution in [0.4, 0.5) is 0 Å². The minimum Gasteiger partial charge on any atom is -0.383 e. The highest BCUT2D eigenvalue weighted by molar-refractivity contribution is 6.04. The summed E-state index contributed by atoms with van der Waals surface area (Å²) in [4.78, 5) is 18.2. The molecule has 1 amide bonds. The minimum atomic E-state index is -0.154. The lowest BCUT2D eigenvalue weighted by atomic mass is 10.2. The number of nitrogens with zero attached hydrogens (tertiary/aromatic N) is 3. The van der Waals surface area contributed by atoms with Crippen molar-refractivity contribution in [2.45, 2.75) is 0 Å². The molecule has 0 aromatic carbocycles. The Kier molecular flexibility index (Phi) is 5.03. The van der Waals surface area contributed by atoms with E-state index in [1.165, 1.54) is 0 Å². The second-order valence-electron chi connectivity index (χ2n) is 4.27. The summed E-state index contributed by atoms with van der Waals surface area (Å²) in [6.45, 7) is 1.92. The van der Waals surface area contributed by atoms with Crippen molar-refractivity contribution < 1.29 is 14.3 Å². The topological polar surface area (TPSA) is 80.3 Å². The first kappa shape index (κ1) is 14.4. The highest BCUT2D eigenvalue weighted by Gasteiger charge is 2.20. The number of hydrogen-bond acceptors (Lipinski definition) is 5. The van der Waals surface area contributed by atoms with Crippen LogP contribution in [0.25, 0.3) is 10.9 Å². The maximum atomic E-state index is 12.5. The van der Waals surface area contributed by atoms with Crippen molar-refractivity contribution >= 4 is 16.8 Å². The van der Waals surface area contributed by atoms with Gasteiger partial charge >= 0.3 is 0 Å². The lowest BCUT2D eigenvalue weighted by Crippen LogP contribution is -2.36. The van der Waals surface area contributed by atoms with Crippen molar-refractivity contribution in [3.63, 3.8) is 0 Å². The Bertz CT molecular complexity index is 561. The number of H-pyrrole nitrogens is 1. The monoisotopic (exact) mass is 278 g/mol. The Balaban J connectivity index is 2.21. The Labute approximate surface area is 116 Å². The molecule has 0 unspecified atom stereocenters. The van der Waals surface area contributed by atoms with Gasteiger partial charge < -0.3 is 14.4 Å². The van der Waals surface area contributed by atoms with Crippen LogP contribution in [0.3, 0.4) is 0 Å². The first-order valence-corrected chi connectivity index (χ1v) is 6.33. The third-order valence-electron chi connectivity index (χ3n) is 2.98. The first-order valence-electron chi connectivity index (χ1n) is 6.33. The summed E-state index contributed by atoms with van der Waals surface area (Å²) in [6.07, 6.45) is 3.29. The summed E-state index contributed by atoms with van der Waals surface area (Å²) in [5.41, 5.74) is 1.17. The van der Waals surface area contributed by atoms with E-state index in [1.807, 2.05) is 0 Å². The molecule has 7 nitrogen and oxygen atoms in total. The smallest absolute Gasteiger partial charge is 0.275 e. The molecule has 2 heterocycles. The third kappa shape index (κ3) is 3.12. The van der Waals surface area contributed by atoms with Gasteiger partial charge in [0, 0.05) is 39.7 Å². The van der Waals surface area contributed by atoms with Gasteiger partial charge in [0.15, 0.2) is 5.69 Å². The predicted octanol–water partition coefficient (Wildman–Crippen LogP) is 0.693. The Morgan fingerprint density at radius 3 is 2.65 bits per heavy atom. The number of aromatic amines is 1. The van der Waals surface area contributed by atoms with Gasteiger partial charge in [0.25, 0.3) is 5.91 Å². The molecule has 20 heavy (non-hydrogen) atoms. The van der Waals surface area contributed by atoms with E-state index in [2.05, 4.69) is 15.2 Å². The van der Waals surface area contributed by atoms with Crippen molar-refractivity contribution in [1.29, 1.82) is 0 Å². The van der Waals surface area contributed by atoms with Gasteiger partial charge in [0.1, 0.15) is 0 Å². The van der Waals surface area contributed by atoms with Crippen molar-refractivity contribution in [3.05, 3.63) is 24.2 Å². The Hall–Kier alpha value is -1.99. The molecule has 0 spiro atoms. The molecular weight excluding hydrogens is 260 g/mol. The molecule has 1 N–H and O–H groups in total. The molecule has 0 saturated carbocycles. The van der Waals surface area contributed by atoms with Gasteiger partial charge in [-0.15, -0.1) is 0 Å². The van der Waals surface area contributed by atoms with Crippen LogP contribution in [0.5, 0.6) is 0 Å². The van der Waals surface area contributed by atoms with Crippen LogP contribution in [-0.4, -0.2) is 66.5 Å². The second-order valence-corrected chi connectivity index (χ2v) is 4.27. The van der Waals surface area contributed by atoms with Gasteiger partial charge in [-0.2, -0.15) is 5.10 Å². The minimum absolute atomic E-state index is 0.154. The molecule has 2 aromatic rings.